The molecule has 3 aliphatic rings. The molecular weight excluding hydrogens is 595 g/mol. The van der Waals surface area contributed by atoms with Crippen LogP contribution in [0.1, 0.15) is 42.7 Å². The summed E-state index contributed by atoms with van der Waals surface area (Å²) >= 11 is 6.93. The van der Waals surface area contributed by atoms with Gasteiger partial charge in [-0.2, -0.15) is 23.5 Å². The molecule has 2 atom stereocenters. The maximum atomic E-state index is 14.6. The van der Waals surface area contributed by atoms with Crippen molar-refractivity contribution >= 4 is 43.1 Å². The van der Waals surface area contributed by atoms with Gasteiger partial charge in [-0.1, -0.05) is 0 Å². The third kappa shape index (κ3) is 3.22. The van der Waals surface area contributed by atoms with E-state index in [0.717, 1.165) is 25.9 Å². The highest BCUT2D eigenvalue weighted by Crippen LogP contribution is 2.75. The molecule has 6 rings (SSSR count). The molecule has 0 aromatic carbocycles. The van der Waals surface area contributed by atoms with Gasteiger partial charge in [0.05, 0.1) is 21.8 Å². The number of nitriles is 1. The van der Waals surface area contributed by atoms with Crippen LogP contribution in [0.3, 0.4) is 0 Å². The first-order chi connectivity index (χ1) is 16.6. The summed E-state index contributed by atoms with van der Waals surface area (Å²) in [5.41, 5.74) is -1.95. The molecule has 5 heterocycles. The smallest absolute Gasteiger partial charge is 0.397 e. The maximum absolute atomic E-state index is 14.6. The van der Waals surface area contributed by atoms with Crippen molar-refractivity contribution in [2.45, 2.75) is 36.8 Å². The Balaban J connectivity index is 1.41. The van der Waals surface area contributed by atoms with Gasteiger partial charge >= 0.3 is 6.18 Å². The largest absolute Gasteiger partial charge is 0.424 e. The molecule has 0 N–H and O–H groups in total. The highest BCUT2D eigenvalue weighted by Gasteiger charge is 2.86. The number of hydrogen-bond acceptors (Lipinski definition) is 7. The van der Waals surface area contributed by atoms with Crippen molar-refractivity contribution in [1.29, 1.82) is 5.26 Å². The molecule has 0 unspecified atom stereocenters. The van der Waals surface area contributed by atoms with Crippen LogP contribution < -0.4 is 4.90 Å². The number of alkyl halides is 3. The Bertz CT molecular complexity index is 1370. The second-order valence-electron chi connectivity index (χ2n) is 9.81. The SMILES string of the molecule is CN1CCC(c2nnc([C@]34CN(c5c(Br)cc(C#N)n6ncc(Br)c56)C[C@@]3(C(F)(F)F)C4)o2)CC1. The summed E-state index contributed by atoms with van der Waals surface area (Å²) in [5, 5.41) is 22.1. The van der Waals surface area contributed by atoms with Crippen molar-refractivity contribution in [3.63, 3.8) is 0 Å². The number of rotatable bonds is 3. The fourth-order valence-corrected chi connectivity index (χ4v) is 6.98. The van der Waals surface area contributed by atoms with Crippen LogP contribution in [-0.2, 0) is 5.41 Å². The van der Waals surface area contributed by atoms with Crippen molar-refractivity contribution < 1.29 is 17.6 Å². The summed E-state index contributed by atoms with van der Waals surface area (Å²) in [5.74, 6) is 0.569. The lowest BCUT2D eigenvalue weighted by Crippen LogP contribution is -2.34. The number of piperidine rings is 2. The molecule has 3 fully saturated rings. The van der Waals surface area contributed by atoms with Crippen LogP contribution in [0.5, 0.6) is 0 Å². The number of nitrogens with zero attached hydrogens (tertiary/aromatic N) is 7. The Morgan fingerprint density at radius 3 is 2.60 bits per heavy atom. The van der Waals surface area contributed by atoms with Crippen LogP contribution in [0.4, 0.5) is 18.9 Å². The van der Waals surface area contributed by atoms with E-state index in [4.69, 9.17) is 4.42 Å². The molecule has 0 amide bonds. The molecule has 1 saturated carbocycles. The minimum Gasteiger partial charge on any atom is -0.424 e. The Morgan fingerprint density at radius 1 is 1.17 bits per heavy atom. The van der Waals surface area contributed by atoms with E-state index in [9.17, 15) is 18.4 Å². The van der Waals surface area contributed by atoms with Crippen molar-refractivity contribution in [3.8, 4) is 6.07 Å². The second-order valence-corrected chi connectivity index (χ2v) is 11.5. The number of pyridine rings is 1. The molecule has 1 aliphatic carbocycles. The molecule has 35 heavy (non-hydrogen) atoms. The van der Waals surface area contributed by atoms with E-state index >= 15 is 0 Å². The second kappa shape index (κ2) is 7.66. The van der Waals surface area contributed by atoms with Crippen molar-refractivity contribution in [1.82, 2.24) is 24.7 Å². The number of aromatic nitrogens is 4. The summed E-state index contributed by atoms with van der Waals surface area (Å²) in [6.45, 7) is 1.59. The molecule has 8 nitrogen and oxygen atoms in total. The fraction of sp³-hybridized carbons (Fsp3) is 0.545. The molecule has 2 saturated heterocycles. The van der Waals surface area contributed by atoms with Gasteiger partial charge in [-0.05, 0) is 77.3 Å². The van der Waals surface area contributed by atoms with Crippen molar-refractivity contribution in [2.24, 2.45) is 5.41 Å². The number of anilines is 1. The lowest BCUT2D eigenvalue weighted by molar-refractivity contribution is -0.187. The van der Waals surface area contributed by atoms with E-state index in [1.54, 1.807) is 11.0 Å². The molecule has 3 aromatic rings. The van der Waals surface area contributed by atoms with Crippen molar-refractivity contribution in [3.05, 3.63) is 38.7 Å². The summed E-state index contributed by atoms with van der Waals surface area (Å²) in [7, 11) is 2.04. The van der Waals surface area contributed by atoms with E-state index in [-0.39, 0.29) is 37.0 Å². The zero-order chi connectivity index (χ0) is 24.8. The first-order valence-corrected chi connectivity index (χ1v) is 12.8. The normalized spacial score (nSPS) is 27.4. The predicted molar refractivity (Wildman–Crippen MR) is 126 cm³/mol. The van der Waals surface area contributed by atoms with E-state index < -0.39 is 17.0 Å². The van der Waals surface area contributed by atoms with Crippen molar-refractivity contribution in [2.75, 3.05) is 38.1 Å². The zero-order valence-corrected chi connectivity index (χ0v) is 21.8. The molecular formula is C22H20Br2F3N7O. The maximum Gasteiger partial charge on any atom is 0.397 e. The Morgan fingerprint density at radius 2 is 1.91 bits per heavy atom. The first-order valence-electron chi connectivity index (χ1n) is 11.2. The van der Waals surface area contributed by atoms with Gasteiger partial charge in [-0.25, -0.2) is 4.52 Å². The van der Waals surface area contributed by atoms with E-state index in [1.807, 2.05) is 7.05 Å². The van der Waals surface area contributed by atoms with Gasteiger partial charge in [0.1, 0.15) is 22.7 Å². The van der Waals surface area contributed by atoms with Crippen LogP contribution in [-0.4, -0.2) is 64.1 Å². The third-order valence-electron chi connectivity index (χ3n) is 7.87. The number of hydrogen-bond donors (Lipinski definition) is 0. The molecule has 2 aliphatic heterocycles. The standard InChI is InChI=1S/C22H20Br2F3N7O/c1-32-4-2-12(3-5-32)18-30-31-19(35-18)20-9-21(20,22(25,26)27)11-33(10-20)16-14(23)6-13(7-28)34-17(16)15(24)8-29-34/h6,8,12H,2-5,9-11H2,1H3/t20-,21-/m0/s1. The summed E-state index contributed by atoms with van der Waals surface area (Å²) < 4.78 is 52.2. The van der Waals surface area contributed by atoms with Gasteiger partial charge in [-0.15, -0.1) is 10.2 Å². The van der Waals surface area contributed by atoms with Crippen LogP contribution >= 0.6 is 31.9 Å². The molecule has 0 radical (unpaired) electrons. The fourth-order valence-electron chi connectivity index (χ4n) is 5.88. The van der Waals surface area contributed by atoms with Gasteiger partial charge in [0.25, 0.3) is 0 Å². The monoisotopic (exact) mass is 613 g/mol. The third-order valence-corrected chi connectivity index (χ3v) is 9.06. The Hall–Kier alpha value is -2.17. The van der Waals surface area contributed by atoms with E-state index in [0.29, 0.717) is 26.0 Å². The summed E-state index contributed by atoms with van der Waals surface area (Å²) in [4.78, 5) is 3.91. The predicted octanol–water partition coefficient (Wildman–Crippen LogP) is 4.63. The van der Waals surface area contributed by atoms with E-state index in [1.165, 1.54) is 10.7 Å². The van der Waals surface area contributed by atoms with Gasteiger partial charge in [0.15, 0.2) is 0 Å². The van der Waals surface area contributed by atoms with Gasteiger partial charge in [-0.3, -0.25) is 0 Å². The minimum atomic E-state index is -4.45. The highest BCUT2D eigenvalue weighted by molar-refractivity contribution is 9.11. The molecule has 184 valence electrons. The lowest BCUT2D eigenvalue weighted by Gasteiger charge is -2.26. The highest BCUT2D eigenvalue weighted by atomic mass is 79.9. The van der Waals surface area contributed by atoms with Gasteiger partial charge in [0, 0.05) is 23.5 Å². The summed E-state index contributed by atoms with van der Waals surface area (Å²) in [6.07, 6.45) is -1.32. The molecule has 3 aromatic heterocycles. The number of fused-ring (bicyclic) bond motifs is 2. The Labute approximate surface area is 215 Å². The van der Waals surface area contributed by atoms with Crippen LogP contribution in [0, 0.1) is 16.7 Å². The quantitative estimate of drug-likeness (QED) is 0.425. The molecule has 0 bridgehead atoms. The number of likely N-dealkylation sites (tertiary alicyclic amines) is 1. The van der Waals surface area contributed by atoms with Gasteiger partial charge in [0.2, 0.25) is 11.8 Å². The average Bonchev–Trinajstić information content (AvgIpc) is 3.19. The Kier molecular flexibility index (Phi) is 5.09. The van der Waals surface area contributed by atoms with Gasteiger partial charge < -0.3 is 14.2 Å². The first kappa shape index (κ1) is 23.2. The topological polar surface area (TPSA) is 86.5 Å². The molecule has 13 heteroatoms. The van der Waals surface area contributed by atoms with Crippen LogP contribution in [0.15, 0.2) is 25.6 Å². The summed E-state index contributed by atoms with van der Waals surface area (Å²) in [6, 6.07) is 3.65. The zero-order valence-electron chi connectivity index (χ0n) is 18.6. The number of halogens is 5. The van der Waals surface area contributed by atoms with Crippen LogP contribution in [0.2, 0.25) is 0 Å². The molecule has 0 spiro atoms. The average molecular weight is 615 g/mol. The van der Waals surface area contributed by atoms with Crippen LogP contribution in [0.25, 0.3) is 5.52 Å². The lowest BCUT2D eigenvalue weighted by atomic mass is 9.95. The van der Waals surface area contributed by atoms with E-state index in [2.05, 4.69) is 58.1 Å². The minimum absolute atomic E-state index is 0.0652.